The minimum Gasteiger partial charge on any atom is -0.279 e. The van der Waals surface area contributed by atoms with Gasteiger partial charge in [-0.05, 0) is 48.3 Å². The molecule has 5 rings (SSSR count). The van der Waals surface area contributed by atoms with Crippen LogP contribution in [0.25, 0.3) is 0 Å². The van der Waals surface area contributed by atoms with Gasteiger partial charge in [-0.1, -0.05) is 36.9 Å². The van der Waals surface area contributed by atoms with Gasteiger partial charge in [0, 0.05) is 13.0 Å². The van der Waals surface area contributed by atoms with E-state index in [-0.39, 0.29) is 5.92 Å². The highest BCUT2D eigenvalue weighted by atomic mass is 15.3. The van der Waals surface area contributed by atoms with Crippen molar-refractivity contribution in [2.45, 2.75) is 37.5 Å². The maximum absolute atomic E-state index is 4.80. The third-order valence-corrected chi connectivity index (χ3v) is 6.15. The van der Waals surface area contributed by atoms with Crippen LogP contribution in [0.15, 0.2) is 65.2 Å². The van der Waals surface area contributed by atoms with Crippen LogP contribution in [0.5, 0.6) is 0 Å². The van der Waals surface area contributed by atoms with Gasteiger partial charge in [-0.3, -0.25) is 10.1 Å². The first-order chi connectivity index (χ1) is 12.7. The average molecular weight is 345 g/mol. The molecule has 3 atom stereocenters. The van der Waals surface area contributed by atoms with Crippen LogP contribution >= 0.6 is 0 Å². The Labute approximate surface area is 153 Å². The lowest BCUT2D eigenvalue weighted by atomic mass is 9.62. The standard InChI is InChI=1S/C21H23N5/c1-13-16-10-6-9-15-11-17(14-7-4-3-5-8-14)19(20(18(15)16)25-24-13)21-22-12-23-26(21)2/h3-5,7-8,12,15,17,19,24H,1,6,9-11H2,2H3. The van der Waals surface area contributed by atoms with Gasteiger partial charge in [-0.25, -0.2) is 4.98 Å². The van der Waals surface area contributed by atoms with E-state index in [1.165, 1.54) is 29.6 Å². The van der Waals surface area contributed by atoms with E-state index >= 15 is 0 Å². The summed E-state index contributed by atoms with van der Waals surface area (Å²) in [5, 5.41) is 9.14. The number of rotatable bonds is 2. The zero-order chi connectivity index (χ0) is 17.7. The Kier molecular flexibility index (Phi) is 3.55. The van der Waals surface area contributed by atoms with E-state index in [2.05, 4.69) is 52.4 Å². The van der Waals surface area contributed by atoms with Gasteiger partial charge in [-0.15, -0.1) is 0 Å². The topological polar surface area (TPSA) is 55.1 Å². The number of hydrogen-bond donors (Lipinski definition) is 1. The van der Waals surface area contributed by atoms with Gasteiger partial charge in [0.15, 0.2) is 0 Å². The minimum atomic E-state index is 0.116. The fraction of sp³-hybridized carbons (Fsp3) is 0.381. The molecule has 0 amide bonds. The summed E-state index contributed by atoms with van der Waals surface area (Å²) in [4.78, 5) is 4.62. The smallest absolute Gasteiger partial charge is 0.138 e. The molecule has 5 nitrogen and oxygen atoms in total. The van der Waals surface area contributed by atoms with E-state index in [0.29, 0.717) is 11.8 Å². The number of allylic oxidation sites excluding steroid dienone is 2. The minimum absolute atomic E-state index is 0.116. The molecule has 132 valence electrons. The first kappa shape index (κ1) is 15.6. The van der Waals surface area contributed by atoms with E-state index in [1.54, 1.807) is 6.33 Å². The number of benzene rings is 1. The number of nitrogens with zero attached hydrogens (tertiary/aromatic N) is 4. The molecule has 2 aromatic rings. The molecular weight excluding hydrogens is 322 g/mol. The van der Waals surface area contributed by atoms with Gasteiger partial charge < -0.3 is 0 Å². The highest BCUT2D eigenvalue weighted by molar-refractivity contribution is 6.08. The number of hydrogen-bond acceptors (Lipinski definition) is 4. The summed E-state index contributed by atoms with van der Waals surface area (Å²) in [5.74, 6) is 2.03. The second-order valence-corrected chi connectivity index (χ2v) is 7.54. The molecule has 2 heterocycles. The van der Waals surface area contributed by atoms with Gasteiger partial charge in [0.2, 0.25) is 0 Å². The van der Waals surface area contributed by atoms with Gasteiger partial charge in [0.25, 0.3) is 0 Å². The van der Waals surface area contributed by atoms with Crippen molar-refractivity contribution in [1.82, 2.24) is 20.2 Å². The molecule has 5 heteroatoms. The summed E-state index contributed by atoms with van der Waals surface area (Å²) in [5.41, 5.74) is 9.49. The molecule has 26 heavy (non-hydrogen) atoms. The Morgan fingerprint density at radius 2 is 2.08 bits per heavy atom. The van der Waals surface area contributed by atoms with Crippen LogP contribution in [0.2, 0.25) is 0 Å². The largest absolute Gasteiger partial charge is 0.279 e. The van der Waals surface area contributed by atoms with Crippen LogP contribution in [-0.2, 0) is 7.05 Å². The highest BCUT2D eigenvalue weighted by Gasteiger charge is 2.45. The van der Waals surface area contributed by atoms with Crippen LogP contribution in [0.4, 0.5) is 0 Å². The molecule has 1 aliphatic heterocycles. The number of aryl methyl sites for hydroxylation is 1. The first-order valence-electron chi connectivity index (χ1n) is 9.39. The summed E-state index contributed by atoms with van der Waals surface area (Å²) in [6, 6.07) is 10.8. The van der Waals surface area contributed by atoms with Crippen molar-refractivity contribution in [3.05, 3.63) is 71.5 Å². The Morgan fingerprint density at radius 3 is 2.85 bits per heavy atom. The summed E-state index contributed by atoms with van der Waals surface area (Å²) >= 11 is 0. The fourth-order valence-electron chi connectivity index (χ4n) is 5.01. The predicted octanol–water partition coefficient (Wildman–Crippen LogP) is 3.66. The second kappa shape index (κ2) is 5.94. The molecule has 3 aliphatic rings. The average Bonchev–Trinajstić information content (AvgIpc) is 3.10. The maximum atomic E-state index is 4.80. The molecule has 1 saturated carbocycles. The van der Waals surface area contributed by atoms with E-state index < -0.39 is 0 Å². The second-order valence-electron chi connectivity index (χ2n) is 7.54. The van der Waals surface area contributed by atoms with E-state index in [1.807, 2.05) is 11.7 Å². The molecule has 1 N–H and O–H groups in total. The third kappa shape index (κ3) is 2.26. The lowest BCUT2D eigenvalue weighted by Crippen LogP contribution is -2.40. The van der Waals surface area contributed by atoms with E-state index in [9.17, 15) is 0 Å². The molecule has 0 radical (unpaired) electrons. The quantitative estimate of drug-likeness (QED) is 0.904. The normalized spacial score (nSPS) is 27.7. The summed E-state index contributed by atoms with van der Waals surface area (Å²) in [6.45, 7) is 4.20. The molecule has 2 aliphatic carbocycles. The molecular formula is C21H23N5. The lowest BCUT2D eigenvalue weighted by Gasteiger charge is -2.43. The molecule has 0 bridgehead atoms. The van der Waals surface area contributed by atoms with Crippen LogP contribution < -0.4 is 5.43 Å². The summed E-state index contributed by atoms with van der Waals surface area (Å²) < 4.78 is 1.90. The number of aromatic nitrogens is 3. The summed E-state index contributed by atoms with van der Waals surface area (Å²) in [7, 11) is 1.97. The van der Waals surface area contributed by atoms with Crippen molar-refractivity contribution in [2.24, 2.45) is 18.1 Å². The first-order valence-corrected chi connectivity index (χ1v) is 9.39. The zero-order valence-corrected chi connectivity index (χ0v) is 15.0. The van der Waals surface area contributed by atoms with Crippen LogP contribution in [0, 0.1) is 5.92 Å². The predicted molar refractivity (Wildman–Crippen MR) is 102 cm³/mol. The molecule has 3 unspecified atom stereocenters. The molecule has 1 fully saturated rings. The van der Waals surface area contributed by atoms with Crippen LogP contribution in [0.3, 0.4) is 0 Å². The van der Waals surface area contributed by atoms with E-state index in [4.69, 9.17) is 5.10 Å². The van der Waals surface area contributed by atoms with Gasteiger partial charge in [0.1, 0.15) is 12.2 Å². The lowest BCUT2D eigenvalue weighted by molar-refractivity contribution is 0.387. The van der Waals surface area contributed by atoms with Crippen molar-refractivity contribution in [2.75, 3.05) is 0 Å². The molecule has 1 aromatic carbocycles. The monoisotopic (exact) mass is 345 g/mol. The SMILES string of the molecule is C=C1NN=C2C3=C1CCCC3CC(c1ccccc1)C2c1ncnn1C. The van der Waals surface area contributed by atoms with Gasteiger partial charge >= 0.3 is 0 Å². The van der Waals surface area contributed by atoms with Crippen molar-refractivity contribution in [3.63, 3.8) is 0 Å². The Hall–Kier alpha value is -2.69. The zero-order valence-electron chi connectivity index (χ0n) is 15.0. The van der Waals surface area contributed by atoms with Crippen LogP contribution in [-0.4, -0.2) is 20.5 Å². The highest BCUT2D eigenvalue weighted by Crippen LogP contribution is 2.51. The molecule has 0 saturated heterocycles. The van der Waals surface area contributed by atoms with Crippen LogP contribution in [0.1, 0.15) is 48.9 Å². The van der Waals surface area contributed by atoms with Crippen molar-refractivity contribution < 1.29 is 0 Å². The van der Waals surface area contributed by atoms with Crippen molar-refractivity contribution in [1.29, 1.82) is 0 Å². The Balaban J connectivity index is 1.70. The maximum Gasteiger partial charge on any atom is 0.138 e. The number of hydrazone groups is 1. The van der Waals surface area contributed by atoms with Gasteiger partial charge in [0.05, 0.1) is 17.3 Å². The Bertz CT molecular complexity index is 921. The van der Waals surface area contributed by atoms with Crippen molar-refractivity contribution in [3.8, 4) is 0 Å². The number of nitrogens with one attached hydrogen (secondary N) is 1. The van der Waals surface area contributed by atoms with Crippen molar-refractivity contribution >= 4 is 5.71 Å². The third-order valence-electron chi connectivity index (χ3n) is 6.15. The molecule has 0 spiro atoms. The Morgan fingerprint density at radius 1 is 1.23 bits per heavy atom. The molecule has 1 aromatic heterocycles. The van der Waals surface area contributed by atoms with E-state index in [0.717, 1.165) is 30.1 Å². The van der Waals surface area contributed by atoms with Gasteiger partial charge in [-0.2, -0.15) is 10.2 Å². The fourth-order valence-corrected chi connectivity index (χ4v) is 5.01. The summed E-state index contributed by atoms with van der Waals surface area (Å²) in [6.07, 6.45) is 6.34.